The number of rotatable bonds is 6. The van der Waals surface area contributed by atoms with Gasteiger partial charge in [0, 0.05) is 12.4 Å². The molecule has 0 saturated heterocycles. The van der Waals surface area contributed by atoms with E-state index in [0.717, 1.165) is 24.8 Å². The van der Waals surface area contributed by atoms with Crippen LogP contribution in [-0.2, 0) is 5.54 Å². The molecule has 148 valence electrons. The van der Waals surface area contributed by atoms with Gasteiger partial charge in [-0.15, -0.1) is 0 Å². The Kier molecular flexibility index (Phi) is 5.21. The molecule has 1 saturated carbocycles. The van der Waals surface area contributed by atoms with Gasteiger partial charge in [-0.3, -0.25) is 15.6 Å². The van der Waals surface area contributed by atoms with Crippen molar-refractivity contribution in [1.29, 1.82) is 0 Å². The van der Waals surface area contributed by atoms with E-state index in [1.54, 1.807) is 11.5 Å². The molecule has 28 heavy (non-hydrogen) atoms. The summed E-state index contributed by atoms with van der Waals surface area (Å²) in [5, 5.41) is 3.17. The number of nitrogens with zero attached hydrogens (tertiary/aromatic N) is 2. The van der Waals surface area contributed by atoms with Crippen molar-refractivity contribution in [3.63, 3.8) is 0 Å². The maximum Gasteiger partial charge on any atom is 0.432 e. The molecule has 0 radical (unpaired) electrons. The van der Waals surface area contributed by atoms with E-state index in [-0.39, 0.29) is 17.3 Å². The molecule has 1 fully saturated rings. The van der Waals surface area contributed by atoms with Gasteiger partial charge < -0.3 is 5.32 Å². The van der Waals surface area contributed by atoms with Crippen molar-refractivity contribution in [2.75, 3.05) is 5.32 Å². The Labute approximate surface area is 158 Å². The van der Waals surface area contributed by atoms with Crippen LogP contribution in [0.15, 0.2) is 48.9 Å². The lowest BCUT2D eigenvalue weighted by Crippen LogP contribution is -2.43. The van der Waals surface area contributed by atoms with Crippen molar-refractivity contribution >= 4 is 11.9 Å². The Balaban J connectivity index is 1.66. The summed E-state index contributed by atoms with van der Waals surface area (Å²) in [6.07, 6.45) is 0.183. The van der Waals surface area contributed by atoms with Gasteiger partial charge in [0.15, 0.2) is 0 Å². The largest absolute Gasteiger partial charge is 0.432 e. The average molecular weight is 395 g/mol. The highest BCUT2D eigenvalue weighted by Gasteiger charge is 2.39. The molecule has 0 atom stereocenters. The quantitative estimate of drug-likeness (QED) is 0.516. The minimum absolute atomic E-state index is 0.0403. The number of alkyl halides is 3. The molecule has 3 rings (SSSR count). The van der Waals surface area contributed by atoms with E-state index < -0.39 is 23.3 Å². The maximum atomic E-state index is 13.6. The van der Waals surface area contributed by atoms with Gasteiger partial charge in [0.25, 0.3) is 5.91 Å². The van der Waals surface area contributed by atoms with E-state index in [0.29, 0.717) is 0 Å². The number of hydrogen-bond acceptors (Lipinski definition) is 5. The third-order valence-corrected chi connectivity index (χ3v) is 4.52. The highest BCUT2D eigenvalue weighted by Crippen LogP contribution is 2.43. The van der Waals surface area contributed by atoms with Crippen molar-refractivity contribution in [2.45, 2.75) is 31.0 Å². The molecule has 10 heteroatoms. The number of halogens is 4. The normalized spacial score (nSPS) is 15.3. The fraction of sp³-hybridized carbons (Fsp3) is 0.278. The van der Waals surface area contributed by atoms with Crippen molar-refractivity contribution in [2.24, 2.45) is 0 Å². The van der Waals surface area contributed by atoms with Crippen LogP contribution in [0.25, 0.3) is 0 Å². The molecule has 1 aliphatic carbocycles. The van der Waals surface area contributed by atoms with Crippen LogP contribution >= 0.6 is 0 Å². The average Bonchev–Trinajstić information content (AvgIpc) is 2.62. The first-order valence-corrected chi connectivity index (χ1v) is 8.38. The van der Waals surface area contributed by atoms with E-state index in [4.69, 9.17) is 0 Å². The Morgan fingerprint density at radius 2 is 1.82 bits per heavy atom. The van der Waals surface area contributed by atoms with Crippen LogP contribution in [0.5, 0.6) is 0 Å². The molecule has 0 aliphatic heterocycles. The molecule has 1 aromatic carbocycles. The molecule has 0 spiro atoms. The molecule has 1 aromatic heterocycles. The third kappa shape index (κ3) is 4.21. The minimum atomic E-state index is -4.68. The highest BCUT2D eigenvalue weighted by atomic mass is 19.4. The molecule has 6 nitrogen and oxygen atoms in total. The van der Waals surface area contributed by atoms with Crippen molar-refractivity contribution < 1.29 is 22.4 Å². The number of carbonyl (C=O) groups excluding carboxylic acids is 1. The van der Waals surface area contributed by atoms with Crippen molar-refractivity contribution in [3.8, 4) is 0 Å². The number of anilines is 1. The van der Waals surface area contributed by atoms with Gasteiger partial charge >= 0.3 is 6.18 Å². The lowest BCUT2D eigenvalue weighted by atomic mass is 9.72. The van der Waals surface area contributed by atoms with Crippen LogP contribution in [0.2, 0.25) is 0 Å². The number of aromatic nitrogens is 2. The second-order valence-corrected chi connectivity index (χ2v) is 6.42. The fourth-order valence-corrected chi connectivity index (χ4v) is 2.80. The van der Waals surface area contributed by atoms with E-state index in [2.05, 4.69) is 21.9 Å². The zero-order valence-electron chi connectivity index (χ0n) is 14.6. The van der Waals surface area contributed by atoms with E-state index >= 15 is 0 Å². The molecule has 0 unspecified atom stereocenters. The van der Waals surface area contributed by atoms with Crippen molar-refractivity contribution in [3.05, 3.63) is 65.9 Å². The van der Waals surface area contributed by atoms with Crippen LogP contribution in [-0.4, -0.2) is 22.1 Å². The van der Waals surface area contributed by atoms with Gasteiger partial charge in [0.1, 0.15) is 11.5 Å². The molecular formula is C18H17F4N5O. The van der Waals surface area contributed by atoms with Crippen LogP contribution in [0.4, 0.5) is 23.5 Å². The zero-order valence-corrected chi connectivity index (χ0v) is 14.6. The summed E-state index contributed by atoms with van der Waals surface area (Å²) in [6, 6.07) is 6.26. The number of amides is 1. The first kappa shape index (κ1) is 19.6. The topological polar surface area (TPSA) is 78.9 Å². The van der Waals surface area contributed by atoms with Crippen LogP contribution in [0.1, 0.15) is 35.2 Å². The maximum absolute atomic E-state index is 13.6. The predicted molar refractivity (Wildman–Crippen MR) is 93.4 cm³/mol. The predicted octanol–water partition coefficient (Wildman–Crippen LogP) is 3.42. The van der Waals surface area contributed by atoms with E-state index in [1.807, 2.05) is 11.5 Å². The number of carbonyl (C=O) groups is 1. The molecule has 1 heterocycles. The smallest absolute Gasteiger partial charge is 0.345 e. The van der Waals surface area contributed by atoms with Gasteiger partial charge in [-0.05, 0) is 37.0 Å². The summed E-state index contributed by atoms with van der Waals surface area (Å²) in [5.41, 5.74) is 2.51. The number of allylic oxidation sites excluding steroid dienone is 1. The molecular weight excluding hydrogens is 378 g/mol. The first-order valence-electron chi connectivity index (χ1n) is 8.38. The monoisotopic (exact) mass is 395 g/mol. The number of hydrazine groups is 1. The van der Waals surface area contributed by atoms with Crippen LogP contribution in [0, 0.1) is 5.82 Å². The number of hydrogen-bond donors (Lipinski definition) is 3. The first-order chi connectivity index (χ1) is 13.2. The Morgan fingerprint density at radius 3 is 2.36 bits per heavy atom. The van der Waals surface area contributed by atoms with Gasteiger partial charge in [-0.1, -0.05) is 18.7 Å². The molecule has 1 amide bonds. The lowest BCUT2D eigenvalue weighted by molar-refractivity contribution is -0.0972. The molecule has 1 aliphatic rings. The SMILES string of the molecule is C=C(NNC(=O)c1cnc(NC2(c3cccc(F)c3)CCC2)nc1)C(F)(F)F. The number of nitrogens with one attached hydrogen (secondary N) is 3. The number of benzene rings is 1. The van der Waals surface area contributed by atoms with E-state index in [9.17, 15) is 22.4 Å². The standard InChI is InChI=1S/C18H17F4N5O/c1-11(18(20,21)22)26-27-15(28)12-9-23-16(24-10-12)25-17(6-3-7-17)13-4-2-5-14(19)8-13/h2,4-5,8-10,26H,1,3,6-7H2,(H,27,28)(H,23,24,25). The van der Waals surface area contributed by atoms with Crippen molar-refractivity contribution in [1.82, 2.24) is 20.8 Å². The second-order valence-electron chi connectivity index (χ2n) is 6.42. The summed E-state index contributed by atoms with van der Waals surface area (Å²) in [6.45, 7) is 2.78. The molecule has 0 bridgehead atoms. The summed E-state index contributed by atoms with van der Waals surface area (Å²) in [4.78, 5) is 20.0. The van der Waals surface area contributed by atoms with Crippen LogP contribution in [0.3, 0.4) is 0 Å². The summed E-state index contributed by atoms with van der Waals surface area (Å²) >= 11 is 0. The third-order valence-electron chi connectivity index (χ3n) is 4.52. The van der Waals surface area contributed by atoms with Gasteiger partial charge in [0.2, 0.25) is 5.95 Å². The van der Waals surface area contributed by atoms with Gasteiger partial charge in [-0.25, -0.2) is 14.4 Å². The van der Waals surface area contributed by atoms with E-state index in [1.165, 1.54) is 24.5 Å². The summed E-state index contributed by atoms with van der Waals surface area (Å²) in [5.74, 6) is -0.958. The van der Waals surface area contributed by atoms with Gasteiger partial charge in [0.05, 0.1) is 11.1 Å². The Bertz CT molecular complexity index is 878. The van der Waals surface area contributed by atoms with Gasteiger partial charge in [-0.2, -0.15) is 13.2 Å². The van der Waals surface area contributed by atoms with Crippen LogP contribution < -0.4 is 16.2 Å². The minimum Gasteiger partial charge on any atom is -0.345 e. The highest BCUT2D eigenvalue weighted by molar-refractivity contribution is 5.93. The molecule has 2 aromatic rings. The second kappa shape index (κ2) is 7.45. The molecule has 3 N–H and O–H groups in total. The fourth-order valence-electron chi connectivity index (χ4n) is 2.80. The lowest BCUT2D eigenvalue weighted by Gasteiger charge is -2.43. The summed E-state index contributed by atoms with van der Waals surface area (Å²) in [7, 11) is 0. The Hall–Kier alpha value is -3.17. The zero-order chi connectivity index (χ0) is 20.4. The Morgan fingerprint density at radius 1 is 1.14 bits per heavy atom. The summed E-state index contributed by atoms with van der Waals surface area (Å²) < 4.78 is 50.6.